The maximum absolute atomic E-state index is 14.2. The highest BCUT2D eigenvalue weighted by molar-refractivity contribution is 7.89. The minimum Gasteiger partial charge on any atom is -0.346 e. The average Bonchev–Trinajstić information content (AvgIpc) is 3.43. The van der Waals surface area contributed by atoms with Crippen molar-refractivity contribution in [3.05, 3.63) is 23.6 Å². The van der Waals surface area contributed by atoms with Gasteiger partial charge in [0.2, 0.25) is 17.6 Å². The van der Waals surface area contributed by atoms with Gasteiger partial charge in [0.15, 0.2) is 0 Å². The predicted molar refractivity (Wildman–Crippen MR) is 173 cm³/mol. The monoisotopic (exact) mass is 645 g/mol. The molecule has 4 N–H and O–H groups in total. The minimum absolute atomic E-state index is 0.0327. The van der Waals surface area contributed by atoms with E-state index in [9.17, 15) is 28.2 Å². The van der Waals surface area contributed by atoms with Crippen molar-refractivity contribution in [3.63, 3.8) is 0 Å². The number of hydrogen-bond acceptors (Lipinski definition) is 6. The molecule has 0 aromatic carbocycles. The molecule has 6 unspecified atom stereocenters. The van der Waals surface area contributed by atoms with Crippen molar-refractivity contribution in [1.29, 1.82) is 0 Å². The topological polar surface area (TPSA) is 154 Å². The van der Waals surface area contributed by atoms with Crippen LogP contribution in [0.2, 0.25) is 0 Å². The van der Waals surface area contributed by atoms with E-state index in [1.54, 1.807) is 4.90 Å². The van der Waals surface area contributed by atoms with Crippen LogP contribution >= 0.6 is 0 Å². The molecule has 0 radical (unpaired) electrons. The smallest absolute Gasteiger partial charge is 0.316 e. The van der Waals surface area contributed by atoms with E-state index in [1.165, 1.54) is 6.08 Å². The second kappa shape index (κ2) is 14.6. The summed E-state index contributed by atoms with van der Waals surface area (Å²) in [5, 5.41) is 11.4. The van der Waals surface area contributed by atoms with E-state index >= 15 is 0 Å². The third kappa shape index (κ3) is 8.04. The minimum atomic E-state index is -1.13. The van der Waals surface area contributed by atoms with Crippen LogP contribution in [0.3, 0.4) is 0 Å². The Morgan fingerprint density at radius 2 is 1.84 bits per heavy atom. The van der Waals surface area contributed by atoms with Gasteiger partial charge in [-0.15, -0.1) is 6.58 Å². The maximum atomic E-state index is 14.2. The standard InChI is InChI=1S/C33H51N5O6S/c1-6-8-13-23(26(39)29(41)34-17-7-2)35-28(40)25-22-19-21(22)20-38(25)30(42)27(32(3,4)5)36-31(43)37-33(15-10-9-11-16-33)24-14-12-18-45(24)44/h7,14,21-23,25,27H,2,6,8-13,15-20H2,1,3-5H3,(H,34,41)(H,35,40)(H2,36,37,43). The molecule has 3 fully saturated rings. The first kappa shape index (κ1) is 34.8. The number of fused-ring (bicyclic) bond motifs is 1. The normalized spacial score (nSPS) is 26.5. The number of rotatable bonds is 13. The number of amides is 5. The molecule has 0 aromatic heterocycles. The summed E-state index contributed by atoms with van der Waals surface area (Å²) in [7, 11) is -1.13. The number of nitrogens with zero attached hydrogens (tertiary/aromatic N) is 1. The van der Waals surface area contributed by atoms with Crippen LogP contribution in [0.15, 0.2) is 23.6 Å². The molecule has 0 bridgehead atoms. The van der Waals surface area contributed by atoms with Crippen molar-refractivity contribution < 1.29 is 28.2 Å². The molecule has 45 heavy (non-hydrogen) atoms. The molecule has 0 aromatic rings. The third-order valence-electron chi connectivity index (χ3n) is 9.61. The molecule has 2 aliphatic carbocycles. The number of likely N-dealkylation sites (tertiary alicyclic amines) is 1. The van der Waals surface area contributed by atoms with Gasteiger partial charge in [-0.25, -0.2) is 4.79 Å². The Labute approximate surface area is 269 Å². The third-order valence-corrected chi connectivity index (χ3v) is 11.3. The van der Waals surface area contributed by atoms with Gasteiger partial charge in [-0.05, 0) is 49.4 Å². The number of urea groups is 1. The zero-order valence-corrected chi connectivity index (χ0v) is 28.1. The first-order valence-electron chi connectivity index (χ1n) is 16.5. The van der Waals surface area contributed by atoms with Crippen LogP contribution in [0.25, 0.3) is 0 Å². The summed E-state index contributed by atoms with van der Waals surface area (Å²) < 4.78 is 12.8. The van der Waals surface area contributed by atoms with Gasteiger partial charge in [-0.2, -0.15) is 0 Å². The van der Waals surface area contributed by atoms with Crippen LogP contribution in [0.5, 0.6) is 0 Å². The second-order valence-electron chi connectivity index (χ2n) is 14.1. The molecule has 11 nitrogen and oxygen atoms in total. The molecule has 4 rings (SSSR count). The molecule has 2 aliphatic heterocycles. The summed E-state index contributed by atoms with van der Waals surface area (Å²) in [6, 6.07) is -3.21. The van der Waals surface area contributed by atoms with Crippen LogP contribution in [-0.2, 0) is 30.0 Å². The Hall–Kier alpha value is -3.02. The van der Waals surface area contributed by atoms with Crippen LogP contribution in [0.4, 0.5) is 4.79 Å². The highest BCUT2D eigenvalue weighted by Gasteiger charge is 2.58. The lowest BCUT2D eigenvalue weighted by Crippen LogP contribution is -2.63. The van der Waals surface area contributed by atoms with Crippen molar-refractivity contribution >= 4 is 40.3 Å². The molecule has 0 spiro atoms. The number of nitrogens with one attached hydrogen (secondary N) is 4. The molecule has 2 heterocycles. The number of hydrogen-bond donors (Lipinski definition) is 4. The lowest BCUT2D eigenvalue weighted by atomic mass is 9.81. The Balaban J connectivity index is 1.50. The number of unbranched alkanes of at least 4 members (excludes halogenated alkanes) is 1. The quantitative estimate of drug-likeness (QED) is 0.179. The van der Waals surface area contributed by atoms with E-state index in [4.69, 9.17) is 0 Å². The lowest BCUT2D eigenvalue weighted by molar-refractivity contribution is -0.144. The Kier molecular flexibility index (Phi) is 11.3. The van der Waals surface area contributed by atoms with Gasteiger partial charge in [-0.1, -0.05) is 72.0 Å². The maximum Gasteiger partial charge on any atom is 0.316 e. The fourth-order valence-corrected chi connectivity index (χ4v) is 8.62. The van der Waals surface area contributed by atoms with Crippen molar-refractivity contribution in [2.24, 2.45) is 17.3 Å². The second-order valence-corrected chi connectivity index (χ2v) is 15.6. The molecule has 4 aliphatic rings. The van der Waals surface area contributed by atoms with Gasteiger partial charge < -0.3 is 26.2 Å². The molecule has 5 amide bonds. The summed E-state index contributed by atoms with van der Waals surface area (Å²) in [6.45, 7) is 11.6. The van der Waals surface area contributed by atoms with Gasteiger partial charge in [0.05, 0.1) is 22.4 Å². The number of Topliss-reactive ketones (excluding diaryl/α,β-unsaturated/α-hetero) is 1. The SMILES string of the molecule is C=CCNC(=O)C(=O)C(CCCC)NC(=O)C1C2CC2CN1C(=O)C(NC(=O)NC1(C2=CCCS2=O)CCCCC1)C(C)(C)C. The first-order chi connectivity index (χ1) is 21.3. The molecule has 2 saturated carbocycles. The molecule has 6 atom stereocenters. The van der Waals surface area contributed by atoms with Gasteiger partial charge in [0.1, 0.15) is 12.1 Å². The summed E-state index contributed by atoms with van der Waals surface area (Å²) in [5.41, 5.74) is -1.37. The van der Waals surface area contributed by atoms with Gasteiger partial charge >= 0.3 is 6.03 Å². The van der Waals surface area contributed by atoms with E-state index in [0.29, 0.717) is 38.0 Å². The van der Waals surface area contributed by atoms with Crippen LogP contribution in [0.1, 0.15) is 91.9 Å². The van der Waals surface area contributed by atoms with Crippen molar-refractivity contribution in [2.45, 2.75) is 116 Å². The van der Waals surface area contributed by atoms with Crippen molar-refractivity contribution in [3.8, 4) is 0 Å². The fraction of sp³-hybridized carbons (Fsp3) is 0.727. The van der Waals surface area contributed by atoms with Gasteiger partial charge in [0, 0.05) is 23.7 Å². The number of allylic oxidation sites excluding steroid dienone is 1. The number of piperidine rings is 1. The molecule has 1 saturated heterocycles. The largest absolute Gasteiger partial charge is 0.346 e. The predicted octanol–water partition coefficient (Wildman–Crippen LogP) is 2.83. The van der Waals surface area contributed by atoms with E-state index in [-0.39, 0.29) is 24.3 Å². The summed E-state index contributed by atoms with van der Waals surface area (Å²) in [5.74, 6) is -1.60. The molecule has 250 valence electrons. The van der Waals surface area contributed by atoms with E-state index in [2.05, 4.69) is 27.8 Å². The van der Waals surface area contributed by atoms with E-state index in [1.807, 2.05) is 33.8 Å². The fourth-order valence-electron chi connectivity index (χ4n) is 7.07. The summed E-state index contributed by atoms with van der Waals surface area (Å²) in [4.78, 5) is 69.3. The van der Waals surface area contributed by atoms with Gasteiger partial charge in [0.25, 0.3) is 5.91 Å². The van der Waals surface area contributed by atoms with Crippen LogP contribution in [-0.4, -0.2) is 81.2 Å². The first-order valence-corrected chi connectivity index (χ1v) is 17.9. The molecular weight excluding hydrogens is 594 g/mol. The highest BCUT2D eigenvalue weighted by atomic mass is 32.2. The van der Waals surface area contributed by atoms with Crippen LogP contribution < -0.4 is 21.3 Å². The zero-order valence-electron chi connectivity index (χ0n) is 27.2. The Bertz CT molecular complexity index is 1240. The molecular formula is C33H51N5O6S. The molecule has 12 heteroatoms. The number of carbonyl (C=O) groups is 5. The average molecular weight is 646 g/mol. The van der Waals surface area contributed by atoms with Crippen molar-refractivity contribution in [2.75, 3.05) is 18.8 Å². The van der Waals surface area contributed by atoms with E-state index < -0.39 is 63.5 Å². The highest BCUT2D eigenvalue weighted by Crippen LogP contribution is 2.50. The lowest BCUT2D eigenvalue weighted by Gasteiger charge is -2.41. The van der Waals surface area contributed by atoms with E-state index in [0.717, 1.165) is 43.4 Å². The number of ketones is 1. The summed E-state index contributed by atoms with van der Waals surface area (Å²) >= 11 is 0. The van der Waals surface area contributed by atoms with Gasteiger partial charge in [-0.3, -0.25) is 23.4 Å². The Morgan fingerprint density at radius 1 is 1.13 bits per heavy atom. The summed E-state index contributed by atoms with van der Waals surface area (Å²) in [6.07, 6.45) is 11.0. The number of carbonyl (C=O) groups excluding carboxylic acids is 5. The van der Waals surface area contributed by atoms with Crippen molar-refractivity contribution in [1.82, 2.24) is 26.2 Å². The zero-order chi connectivity index (χ0) is 32.9. The van der Waals surface area contributed by atoms with Crippen LogP contribution in [0, 0.1) is 17.3 Å². The Morgan fingerprint density at radius 3 is 2.44 bits per heavy atom.